The van der Waals surface area contributed by atoms with Crippen molar-refractivity contribution in [2.45, 2.75) is 17.1 Å². The smallest absolute Gasteiger partial charge is 0.338 e. The number of carboxylic acids is 1. The lowest BCUT2D eigenvalue weighted by Gasteiger charge is -2.03. The van der Waals surface area contributed by atoms with E-state index in [1.54, 1.807) is 12.4 Å². The van der Waals surface area contributed by atoms with Crippen molar-refractivity contribution in [3.8, 4) is 0 Å². The van der Waals surface area contributed by atoms with Gasteiger partial charge in [0.15, 0.2) is 5.16 Å². The lowest BCUT2D eigenvalue weighted by atomic mass is 10.3. The summed E-state index contributed by atoms with van der Waals surface area (Å²) in [6.07, 6.45) is 4.18. The Hall–Kier alpha value is -2.02. The van der Waals surface area contributed by atoms with Gasteiger partial charge in [-0.2, -0.15) is 0 Å². The van der Waals surface area contributed by atoms with Crippen LogP contribution in [0.3, 0.4) is 0 Å². The topological polar surface area (TPSA) is 76.0 Å². The quantitative estimate of drug-likeness (QED) is 0.857. The number of rotatable bonds is 3. The largest absolute Gasteiger partial charge is 0.478 e. The molecule has 2 aromatic rings. The predicted octanol–water partition coefficient (Wildman–Crippen LogP) is 2.17. The van der Waals surface area contributed by atoms with Gasteiger partial charge in [0.05, 0.1) is 11.8 Å². The molecule has 0 spiro atoms. The van der Waals surface area contributed by atoms with Crippen LogP contribution in [0.1, 0.15) is 15.9 Å². The van der Waals surface area contributed by atoms with E-state index in [1.165, 1.54) is 0 Å². The molecule has 2 aromatic heterocycles. The van der Waals surface area contributed by atoms with E-state index < -0.39 is 11.8 Å². The van der Waals surface area contributed by atoms with Gasteiger partial charge >= 0.3 is 5.97 Å². The van der Waals surface area contributed by atoms with Gasteiger partial charge in [0.25, 0.3) is 0 Å². The molecule has 0 atom stereocenters. The van der Waals surface area contributed by atoms with Crippen LogP contribution in [0.2, 0.25) is 0 Å². The molecule has 2 heterocycles. The Labute approximate surface area is 106 Å². The molecule has 0 aliphatic rings. The summed E-state index contributed by atoms with van der Waals surface area (Å²) in [7, 11) is 0. The van der Waals surface area contributed by atoms with Crippen molar-refractivity contribution >= 4 is 17.7 Å². The number of nitrogens with zero attached hydrogens (tertiary/aromatic N) is 3. The molecule has 1 N–H and O–H groups in total. The number of hydrogen-bond donors (Lipinski definition) is 1. The van der Waals surface area contributed by atoms with E-state index in [-0.39, 0.29) is 10.6 Å². The minimum atomic E-state index is -1.24. The molecule has 0 amide bonds. The first-order valence-corrected chi connectivity index (χ1v) is 5.73. The summed E-state index contributed by atoms with van der Waals surface area (Å²) < 4.78 is 12.9. The second kappa shape index (κ2) is 5.09. The fourth-order valence-corrected chi connectivity index (χ4v) is 1.93. The van der Waals surface area contributed by atoms with Gasteiger partial charge in [-0.3, -0.25) is 0 Å². The third-order valence-electron chi connectivity index (χ3n) is 1.99. The lowest BCUT2D eigenvalue weighted by Crippen LogP contribution is -2.02. The van der Waals surface area contributed by atoms with Crippen molar-refractivity contribution in [2.75, 3.05) is 0 Å². The number of aromatic nitrogens is 3. The van der Waals surface area contributed by atoms with E-state index in [2.05, 4.69) is 15.0 Å². The summed E-state index contributed by atoms with van der Waals surface area (Å²) in [4.78, 5) is 22.7. The van der Waals surface area contributed by atoms with Gasteiger partial charge in [0, 0.05) is 12.4 Å². The maximum atomic E-state index is 12.9. The molecule has 2 rings (SSSR count). The standard InChI is InChI=1S/C11H8FN3O2S/c1-6-3-14-11(15-4-6)18-9-8(10(16)17)2-7(12)5-13-9/h2-5H,1H3,(H,16,17). The van der Waals surface area contributed by atoms with Gasteiger partial charge in [-0.15, -0.1) is 0 Å². The Morgan fingerprint density at radius 2 is 1.94 bits per heavy atom. The first kappa shape index (κ1) is 12.4. The summed E-state index contributed by atoms with van der Waals surface area (Å²) in [5, 5.41) is 9.47. The van der Waals surface area contributed by atoms with Crippen LogP contribution < -0.4 is 0 Å². The molecule has 0 fully saturated rings. The normalized spacial score (nSPS) is 10.3. The Bertz CT molecular complexity index is 589. The van der Waals surface area contributed by atoms with E-state index in [0.29, 0.717) is 5.16 Å². The first-order valence-electron chi connectivity index (χ1n) is 4.91. The minimum Gasteiger partial charge on any atom is -0.478 e. The second-order valence-electron chi connectivity index (χ2n) is 3.46. The van der Waals surface area contributed by atoms with Crippen LogP contribution in [-0.4, -0.2) is 26.0 Å². The lowest BCUT2D eigenvalue weighted by molar-refractivity contribution is 0.0691. The molecule has 0 radical (unpaired) electrons. The molecule has 0 aliphatic heterocycles. The van der Waals surface area contributed by atoms with Gasteiger partial charge in [-0.25, -0.2) is 24.1 Å². The monoisotopic (exact) mass is 265 g/mol. The highest BCUT2D eigenvalue weighted by Gasteiger charge is 2.15. The molecule has 0 saturated heterocycles. The van der Waals surface area contributed by atoms with Crippen LogP contribution in [0.25, 0.3) is 0 Å². The van der Waals surface area contributed by atoms with E-state index in [0.717, 1.165) is 29.6 Å². The number of halogens is 1. The molecule has 0 saturated carbocycles. The Morgan fingerprint density at radius 3 is 2.56 bits per heavy atom. The molecular weight excluding hydrogens is 257 g/mol. The van der Waals surface area contributed by atoms with Gasteiger partial charge < -0.3 is 5.11 Å². The average molecular weight is 265 g/mol. The molecular formula is C11H8FN3O2S. The van der Waals surface area contributed by atoms with Gasteiger partial charge in [0.2, 0.25) is 0 Å². The number of carbonyl (C=O) groups is 1. The molecule has 0 unspecified atom stereocenters. The second-order valence-corrected chi connectivity index (χ2v) is 4.41. The zero-order valence-corrected chi connectivity index (χ0v) is 10.1. The van der Waals surface area contributed by atoms with Crippen molar-refractivity contribution in [1.82, 2.24) is 15.0 Å². The zero-order valence-electron chi connectivity index (χ0n) is 9.29. The molecule has 5 nitrogen and oxygen atoms in total. The fraction of sp³-hybridized carbons (Fsp3) is 0.0909. The van der Waals surface area contributed by atoms with Crippen molar-refractivity contribution in [2.24, 2.45) is 0 Å². The van der Waals surface area contributed by atoms with Crippen LogP contribution in [0, 0.1) is 12.7 Å². The fourth-order valence-electron chi connectivity index (χ4n) is 1.18. The van der Waals surface area contributed by atoms with Crippen LogP contribution in [-0.2, 0) is 0 Å². The molecule has 0 aliphatic carbocycles. The van der Waals surface area contributed by atoms with E-state index in [9.17, 15) is 9.18 Å². The highest BCUT2D eigenvalue weighted by atomic mass is 32.2. The predicted molar refractivity (Wildman–Crippen MR) is 62.0 cm³/mol. The molecule has 7 heteroatoms. The molecule has 92 valence electrons. The third-order valence-corrected chi connectivity index (χ3v) is 2.91. The number of hydrogen-bond acceptors (Lipinski definition) is 5. The van der Waals surface area contributed by atoms with Crippen LogP contribution in [0.5, 0.6) is 0 Å². The summed E-state index contributed by atoms with van der Waals surface area (Å²) in [6, 6.07) is 0.922. The van der Waals surface area contributed by atoms with Crippen LogP contribution in [0.15, 0.2) is 34.8 Å². The van der Waals surface area contributed by atoms with Crippen LogP contribution >= 0.6 is 11.8 Å². The molecule has 0 aromatic carbocycles. The van der Waals surface area contributed by atoms with E-state index in [1.807, 2.05) is 6.92 Å². The van der Waals surface area contributed by atoms with E-state index >= 15 is 0 Å². The van der Waals surface area contributed by atoms with Crippen LogP contribution in [0.4, 0.5) is 4.39 Å². The minimum absolute atomic E-state index is 0.160. The van der Waals surface area contributed by atoms with Crippen molar-refractivity contribution in [3.63, 3.8) is 0 Å². The first-order chi connectivity index (χ1) is 8.56. The van der Waals surface area contributed by atoms with Crippen molar-refractivity contribution in [1.29, 1.82) is 0 Å². The Balaban J connectivity index is 2.34. The van der Waals surface area contributed by atoms with Gasteiger partial charge in [-0.05, 0) is 30.3 Å². The van der Waals surface area contributed by atoms with Gasteiger partial charge in [-0.1, -0.05) is 0 Å². The van der Waals surface area contributed by atoms with Gasteiger partial charge in [0.1, 0.15) is 10.8 Å². The maximum absolute atomic E-state index is 12.9. The summed E-state index contributed by atoms with van der Waals surface area (Å²) in [5.74, 6) is -1.93. The SMILES string of the molecule is Cc1cnc(Sc2ncc(F)cc2C(=O)O)nc1. The number of carboxylic acid groups (broad SMARTS) is 1. The van der Waals surface area contributed by atoms with Crippen molar-refractivity contribution < 1.29 is 14.3 Å². The average Bonchev–Trinajstić information content (AvgIpc) is 2.34. The summed E-state index contributed by atoms with van der Waals surface area (Å²) in [6.45, 7) is 1.84. The number of aryl methyl sites for hydroxylation is 1. The summed E-state index contributed by atoms with van der Waals surface area (Å²) in [5.41, 5.74) is 0.689. The zero-order chi connectivity index (χ0) is 13.1. The maximum Gasteiger partial charge on any atom is 0.338 e. The highest BCUT2D eigenvalue weighted by molar-refractivity contribution is 7.99. The Morgan fingerprint density at radius 1 is 1.28 bits per heavy atom. The molecule has 0 bridgehead atoms. The highest BCUT2D eigenvalue weighted by Crippen LogP contribution is 2.26. The third kappa shape index (κ3) is 2.80. The Kier molecular flexibility index (Phi) is 3.52. The number of aromatic carboxylic acids is 1. The van der Waals surface area contributed by atoms with Crippen molar-refractivity contribution in [3.05, 3.63) is 41.6 Å². The van der Waals surface area contributed by atoms with E-state index in [4.69, 9.17) is 5.11 Å². The summed E-state index contributed by atoms with van der Waals surface area (Å²) >= 11 is 0.979. The number of pyridine rings is 1. The molecule has 18 heavy (non-hydrogen) atoms.